The Labute approximate surface area is 72.6 Å². The van der Waals surface area contributed by atoms with Crippen LogP contribution in [0.15, 0.2) is 12.3 Å². The van der Waals surface area contributed by atoms with Crippen LogP contribution in [0, 0.1) is 0 Å². The molecule has 0 saturated carbocycles. The Hall–Kier alpha value is -1.05. The molecule has 0 unspecified atom stereocenters. The van der Waals surface area contributed by atoms with Gasteiger partial charge in [0.15, 0.2) is 0 Å². The van der Waals surface area contributed by atoms with Crippen molar-refractivity contribution >= 4 is 0 Å². The summed E-state index contributed by atoms with van der Waals surface area (Å²) in [5.74, 6) is 1.56. The third-order valence-electron chi connectivity index (χ3n) is 2.22. The normalized spacial score (nSPS) is 14.6. The maximum Gasteiger partial charge on any atom is 0.144 e. The lowest BCUT2D eigenvalue weighted by Crippen LogP contribution is -1.94. The Kier molecular flexibility index (Phi) is 1.75. The second kappa shape index (κ2) is 2.77. The van der Waals surface area contributed by atoms with E-state index in [1.54, 1.807) is 0 Å². The molecule has 0 atom stereocenters. The van der Waals surface area contributed by atoms with Crippen LogP contribution in [0.5, 0.6) is 5.75 Å². The van der Waals surface area contributed by atoms with E-state index in [4.69, 9.17) is 4.74 Å². The van der Waals surface area contributed by atoms with Gasteiger partial charge in [-0.05, 0) is 12.0 Å². The van der Waals surface area contributed by atoms with Gasteiger partial charge in [-0.15, -0.1) is 0 Å². The average molecular weight is 163 g/mol. The van der Waals surface area contributed by atoms with Gasteiger partial charge in [-0.1, -0.05) is 13.8 Å². The second-order valence-corrected chi connectivity index (χ2v) is 3.43. The molecule has 0 fully saturated rings. The fourth-order valence-corrected chi connectivity index (χ4v) is 1.56. The van der Waals surface area contributed by atoms with Gasteiger partial charge in [0.25, 0.3) is 0 Å². The number of rotatable bonds is 1. The molecule has 0 radical (unpaired) electrons. The van der Waals surface area contributed by atoms with Gasteiger partial charge in [-0.2, -0.15) is 0 Å². The predicted octanol–water partition coefficient (Wildman–Crippen LogP) is 2.14. The lowest BCUT2D eigenvalue weighted by molar-refractivity contribution is 0.352. The molecule has 1 aromatic rings. The van der Waals surface area contributed by atoms with E-state index in [-0.39, 0.29) is 0 Å². The number of hydrogen-bond donors (Lipinski definition) is 0. The third kappa shape index (κ3) is 1.07. The number of nitrogens with zero attached hydrogens (tertiary/aromatic N) is 1. The van der Waals surface area contributed by atoms with E-state index in [1.807, 2.05) is 6.20 Å². The molecule has 0 bridgehead atoms. The zero-order valence-electron chi connectivity index (χ0n) is 7.50. The number of hydrogen-bond acceptors (Lipinski definition) is 2. The number of aromatic nitrogens is 1. The van der Waals surface area contributed by atoms with Crippen molar-refractivity contribution in [3.05, 3.63) is 23.5 Å². The van der Waals surface area contributed by atoms with Crippen LogP contribution in [0.3, 0.4) is 0 Å². The van der Waals surface area contributed by atoms with Crippen LogP contribution in [0.1, 0.15) is 31.0 Å². The molecule has 0 saturated heterocycles. The Balaban J connectivity index is 2.49. The highest BCUT2D eigenvalue weighted by Crippen LogP contribution is 2.32. The van der Waals surface area contributed by atoms with Crippen LogP contribution >= 0.6 is 0 Å². The van der Waals surface area contributed by atoms with Gasteiger partial charge >= 0.3 is 0 Å². The van der Waals surface area contributed by atoms with Crippen LogP contribution in [-0.2, 0) is 6.42 Å². The van der Waals surface area contributed by atoms with E-state index in [2.05, 4.69) is 24.9 Å². The first kappa shape index (κ1) is 7.59. The number of fused-ring (bicyclic) bond motifs is 1. The van der Waals surface area contributed by atoms with Gasteiger partial charge < -0.3 is 4.74 Å². The molecule has 2 heterocycles. The maximum absolute atomic E-state index is 5.53. The van der Waals surface area contributed by atoms with Crippen molar-refractivity contribution in [1.82, 2.24) is 4.98 Å². The first-order valence-electron chi connectivity index (χ1n) is 4.39. The second-order valence-electron chi connectivity index (χ2n) is 3.43. The summed E-state index contributed by atoms with van der Waals surface area (Å²) < 4.78 is 5.53. The van der Waals surface area contributed by atoms with Crippen LogP contribution in [-0.4, -0.2) is 11.6 Å². The van der Waals surface area contributed by atoms with E-state index in [1.165, 1.54) is 5.56 Å². The quantitative estimate of drug-likeness (QED) is 0.632. The minimum Gasteiger partial charge on any atom is -0.491 e. The smallest absolute Gasteiger partial charge is 0.144 e. The van der Waals surface area contributed by atoms with Crippen molar-refractivity contribution in [1.29, 1.82) is 0 Å². The SMILES string of the molecule is CC(C)c1ccnc2c1OCC2. The van der Waals surface area contributed by atoms with Crippen molar-refractivity contribution in [2.24, 2.45) is 0 Å². The molecule has 0 spiro atoms. The van der Waals surface area contributed by atoms with Crippen molar-refractivity contribution < 1.29 is 4.74 Å². The molecule has 12 heavy (non-hydrogen) atoms. The van der Waals surface area contributed by atoms with E-state index in [0.29, 0.717) is 5.92 Å². The summed E-state index contributed by atoms with van der Waals surface area (Å²) in [6, 6.07) is 2.05. The lowest BCUT2D eigenvalue weighted by Gasteiger charge is -2.09. The summed E-state index contributed by atoms with van der Waals surface area (Å²) in [5.41, 5.74) is 2.42. The summed E-state index contributed by atoms with van der Waals surface area (Å²) in [7, 11) is 0. The van der Waals surface area contributed by atoms with Crippen molar-refractivity contribution in [3.63, 3.8) is 0 Å². The highest BCUT2D eigenvalue weighted by Gasteiger charge is 2.18. The zero-order valence-corrected chi connectivity index (χ0v) is 7.50. The van der Waals surface area contributed by atoms with Gasteiger partial charge in [-0.25, -0.2) is 0 Å². The minimum atomic E-state index is 0.528. The molecule has 2 rings (SSSR count). The Morgan fingerprint density at radius 3 is 3.08 bits per heavy atom. The number of pyridine rings is 1. The van der Waals surface area contributed by atoms with Crippen LogP contribution < -0.4 is 4.74 Å². The summed E-state index contributed by atoms with van der Waals surface area (Å²) >= 11 is 0. The van der Waals surface area contributed by atoms with E-state index >= 15 is 0 Å². The Bertz CT molecular complexity index is 294. The van der Waals surface area contributed by atoms with E-state index in [9.17, 15) is 0 Å². The minimum absolute atomic E-state index is 0.528. The zero-order chi connectivity index (χ0) is 8.55. The van der Waals surface area contributed by atoms with Gasteiger partial charge in [0.2, 0.25) is 0 Å². The molecule has 64 valence electrons. The van der Waals surface area contributed by atoms with E-state index in [0.717, 1.165) is 24.5 Å². The van der Waals surface area contributed by atoms with Gasteiger partial charge in [-0.3, -0.25) is 4.98 Å². The highest BCUT2D eigenvalue weighted by atomic mass is 16.5. The fourth-order valence-electron chi connectivity index (χ4n) is 1.56. The van der Waals surface area contributed by atoms with Crippen molar-refractivity contribution in [2.45, 2.75) is 26.2 Å². The summed E-state index contributed by atoms with van der Waals surface area (Å²) in [6.45, 7) is 5.15. The molecule has 2 heteroatoms. The van der Waals surface area contributed by atoms with Crippen LogP contribution in [0.25, 0.3) is 0 Å². The lowest BCUT2D eigenvalue weighted by atomic mass is 10.0. The highest BCUT2D eigenvalue weighted by molar-refractivity contribution is 5.41. The van der Waals surface area contributed by atoms with Crippen molar-refractivity contribution in [3.8, 4) is 5.75 Å². The largest absolute Gasteiger partial charge is 0.491 e. The molecule has 1 aliphatic heterocycles. The summed E-state index contributed by atoms with van der Waals surface area (Å²) in [5, 5.41) is 0. The summed E-state index contributed by atoms with van der Waals surface area (Å²) in [6.07, 6.45) is 2.85. The standard InChI is InChI=1S/C10H13NO/c1-7(2)8-3-5-11-9-4-6-12-10(8)9/h3,5,7H,4,6H2,1-2H3. The predicted molar refractivity (Wildman–Crippen MR) is 47.5 cm³/mol. The summed E-state index contributed by atoms with van der Waals surface area (Å²) in [4.78, 5) is 4.28. The Morgan fingerprint density at radius 1 is 1.50 bits per heavy atom. The van der Waals surface area contributed by atoms with Crippen LogP contribution in [0.2, 0.25) is 0 Å². The molecular formula is C10H13NO. The molecule has 0 aliphatic carbocycles. The molecule has 1 aliphatic rings. The van der Waals surface area contributed by atoms with Gasteiger partial charge in [0, 0.05) is 18.2 Å². The monoisotopic (exact) mass is 163 g/mol. The molecule has 2 nitrogen and oxygen atoms in total. The molecule has 0 N–H and O–H groups in total. The average Bonchev–Trinajstić information content (AvgIpc) is 2.49. The van der Waals surface area contributed by atoms with E-state index < -0.39 is 0 Å². The first-order valence-corrected chi connectivity index (χ1v) is 4.39. The fraction of sp³-hybridized carbons (Fsp3) is 0.500. The molecule has 0 aromatic carbocycles. The number of ether oxygens (including phenoxy) is 1. The molecular weight excluding hydrogens is 150 g/mol. The maximum atomic E-state index is 5.53. The topological polar surface area (TPSA) is 22.1 Å². The van der Waals surface area contributed by atoms with Gasteiger partial charge in [0.05, 0.1) is 12.3 Å². The molecule has 1 aromatic heterocycles. The van der Waals surface area contributed by atoms with Gasteiger partial charge in [0.1, 0.15) is 5.75 Å². The Morgan fingerprint density at radius 2 is 2.33 bits per heavy atom. The molecule has 0 amide bonds. The van der Waals surface area contributed by atoms with Crippen LogP contribution in [0.4, 0.5) is 0 Å². The first-order chi connectivity index (χ1) is 5.79. The third-order valence-corrected chi connectivity index (χ3v) is 2.22. The van der Waals surface area contributed by atoms with Crippen molar-refractivity contribution in [2.75, 3.05) is 6.61 Å².